The van der Waals surface area contributed by atoms with Crippen LogP contribution in [-0.2, 0) is 4.79 Å². The molecule has 0 bridgehead atoms. The monoisotopic (exact) mass is 576 g/mol. The zero-order chi connectivity index (χ0) is 25.0. The van der Waals surface area contributed by atoms with Gasteiger partial charge < -0.3 is 15.7 Å². The van der Waals surface area contributed by atoms with Crippen LogP contribution in [0, 0.1) is 0 Å². The fraction of sp³-hybridized carbons (Fsp3) is 0.0455. The highest BCUT2D eigenvalue weighted by molar-refractivity contribution is 8.00. The number of amides is 2. The van der Waals surface area contributed by atoms with E-state index in [9.17, 15) is 19.5 Å². The first-order valence-corrected chi connectivity index (χ1v) is 12.2. The van der Waals surface area contributed by atoms with Gasteiger partial charge in [-0.1, -0.05) is 76.2 Å². The number of halogens is 5. The predicted octanol–water partition coefficient (Wildman–Crippen LogP) is 7.63. The van der Waals surface area contributed by atoms with Gasteiger partial charge in [0, 0.05) is 10.6 Å². The van der Waals surface area contributed by atoms with Crippen LogP contribution in [0.15, 0.2) is 53.4 Å². The van der Waals surface area contributed by atoms with Crippen LogP contribution in [0.25, 0.3) is 0 Å². The van der Waals surface area contributed by atoms with E-state index in [-0.39, 0.29) is 26.7 Å². The van der Waals surface area contributed by atoms with Gasteiger partial charge in [0.05, 0.1) is 47.7 Å². The summed E-state index contributed by atoms with van der Waals surface area (Å²) in [5.41, 5.74) is -0.163. The number of aromatic carboxylic acids is 1. The number of para-hydroxylation sites is 1. The zero-order valence-corrected chi connectivity index (χ0v) is 21.4. The van der Waals surface area contributed by atoms with Crippen LogP contribution in [0.1, 0.15) is 20.7 Å². The zero-order valence-electron chi connectivity index (χ0n) is 16.8. The van der Waals surface area contributed by atoms with Gasteiger partial charge in [-0.15, -0.1) is 11.8 Å². The third-order valence-corrected chi connectivity index (χ3v) is 7.44. The fourth-order valence-electron chi connectivity index (χ4n) is 2.80. The van der Waals surface area contributed by atoms with Crippen molar-refractivity contribution in [3.8, 4) is 0 Å². The molecule has 0 unspecified atom stereocenters. The molecular weight excluding hydrogens is 566 g/mol. The molecule has 0 aliphatic carbocycles. The van der Waals surface area contributed by atoms with Crippen molar-refractivity contribution in [1.82, 2.24) is 0 Å². The molecule has 34 heavy (non-hydrogen) atoms. The molecule has 0 aliphatic rings. The summed E-state index contributed by atoms with van der Waals surface area (Å²) in [6, 6.07) is 13.5. The lowest BCUT2D eigenvalue weighted by Crippen LogP contribution is -2.18. The number of thioether (sulfide) groups is 1. The van der Waals surface area contributed by atoms with E-state index >= 15 is 0 Å². The van der Waals surface area contributed by atoms with Crippen molar-refractivity contribution in [1.29, 1.82) is 0 Å². The summed E-state index contributed by atoms with van der Waals surface area (Å²) in [5.74, 6) is -2.53. The Labute approximate surface area is 223 Å². The number of nitrogens with one attached hydrogen (secondary N) is 2. The van der Waals surface area contributed by atoms with Gasteiger partial charge in [-0.3, -0.25) is 9.59 Å². The van der Waals surface area contributed by atoms with Crippen molar-refractivity contribution in [3.63, 3.8) is 0 Å². The van der Waals surface area contributed by atoms with Crippen molar-refractivity contribution in [2.24, 2.45) is 0 Å². The molecule has 12 heteroatoms. The van der Waals surface area contributed by atoms with E-state index in [0.717, 1.165) is 0 Å². The van der Waals surface area contributed by atoms with Gasteiger partial charge in [-0.25, -0.2) is 4.79 Å². The van der Waals surface area contributed by atoms with Gasteiger partial charge in [0.15, 0.2) is 0 Å². The second-order valence-corrected chi connectivity index (χ2v) is 9.58. The lowest BCUT2D eigenvalue weighted by Gasteiger charge is -2.14. The molecule has 3 rings (SSSR count). The molecule has 3 N–H and O–H groups in total. The summed E-state index contributed by atoms with van der Waals surface area (Å²) < 4.78 is 0. The maximum absolute atomic E-state index is 12.9. The molecule has 3 aromatic rings. The highest BCUT2D eigenvalue weighted by atomic mass is 35.5. The number of hydrogen-bond donors (Lipinski definition) is 3. The van der Waals surface area contributed by atoms with Crippen LogP contribution in [-0.4, -0.2) is 28.6 Å². The number of anilines is 2. The summed E-state index contributed by atoms with van der Waals surface area (Å²) in [6.45, 7) is 0. The third-order valence-electron chi connectivity index (χ3n) is 4.32. The Morgan fingerprint density at radius 3 is 2.09 bits per heavy atom. The molecule has 0 atom stereocenters. The first-order chi connectivity index (χ1) is 16.1. The minimum atomic E-state index is -1.50. The number of rotatable bonds is 7. The number of carbonyl (C=O) groups is 3. The lowest BCUT2D eigenvalue weighted by molar-refractivity contribution is -0.113. The Bertz CT molecular complexity index is 1300. The number of benzene rings is 3. The van der Waals surface area contributed by atoms with Crippen molar-refractivity contribution in [2.75, 3.05) is 16.4 Å². The van der Waals surface area contributed by atoms with Crippen LogP contribution in [0.5, 0.6) is 0 Å². The minimum Gasteiger partial charge on any atom is -0.478 e. The molecule has 0 radical (unpaired) electrons. The Morgan fingerprint density at radius 1 is 0.794 bits per heavy atom. The largest absolute Gasteiger partial charge is 0.478 e. The van der Waals surface area contributed by atoms with E-state index in [0.29, 0.717) is 21.3 Å². The Hall–Kier alpha value is -2.13. The highest BCUT2D eigenvalue weighted by Gasteiger charge is 2.29. The SMILES string of the molecule is O=C(CSc1cccc(NC(=O)c2c(Cl)c(Cl)c(Cl)c(Cl)c2C(=O)O)c1)Nc1ccccc1Cl. The van der Waals surface area contributed by atoms with Crippen molar-refractivity contribution in [3.05, 3.63) is 84.8 Å². The first-order valence-electron chi connectivity index (χ1n) is 9.28. The molecule has 2 amide bonds. The molecule has 0 spiro atoms. The maximum Gasteiger partial charge on any atom is 0.338 e. The van der Waals surface area contributed by atoms with Gasteiger partial charge in [-0.05, 0) is 30.3 Å². The number of carboxylic acid groups (broad SMARTS) is 1. The third kappa shape index (κ3) is 6.10. The summed E-state index contributed by atoms with van der Waals surface area (Å²) in [4.78, 5) is 37.5. The molecule has 0 aromatic heterocycles. The van der Waals surface area contributed by atoms with Gasteiger partial charge in [0.1, 0.15) is 0 Å². The van der Waals surface area contributed by atoms with Crippen molar-refractivity contribution in [2.45, 2.75) is 4.90 Å². The maximum atomic E-state index is 12.9. The predicted molar refractivity (Wildman–Crippen MR) is 139 cm³/mol. The van der Waals surface area contributed by atoms with Crippen molar-refractivity contribution < 1.29 is 19.5 Å². The van der Waals surface area contributed by atoms with E-state index in [1.807, 2.05) is 0 Å². The average molecular weight is 579 g/mol. The quantitative estimate of drug-likeness (QED) is 0.152. The van der Waals surface area contributed by atoms with Gasteiger partial charge in [0.25, 0.3) is 5.91 Å². The molecule has 0 fully saturated rings. The number of carbonyl (C=O) groups excluding carboxylic acids is 2. The molecule has 0 saturated carbocycles. The first kappa shape index (κ1) is 26.5. The summed E-state index contributed by atoms with van der Waals surface area (Å²) in [7, 11) is 0. The Morgan fingerprint density at radius 2 is 1.44 bits per heavy atom. The van der Waals surface area contributed by atoms with Crippen LogP contribution in [0.3, 0.4) is 0 Å². The van der Waals surface area contributed by atoms with Gasteiger partial charge >= 0.3 is 5.97 Å². The molecule has 3 aromatic carbocycles. The molecule has 0 saturated heterocycles. The standard InChI is InChI=1S/C22H13Cl5N2O4S/c23-12-6-1-2-7-13(12)29-14(30)9-34-11-5-3-4-10(8-11)28-21(31)15-16(22(32)33)18(25)20(27)19(26)17(15)24/h1-8H,9H2,(H,28,31)(H,29,30)(H,32,33). The van der Waals surface area contributed by atoms with E-state index in [4.69, 9.17) is 58.0 Å². The summed E-state index contributed by atoms with van der Waals surface area (Å²) >= 11 is 31.3. The highest BCUT2D eigenvalue weighted by Crippen LogP contribution is 2.42. The second-order valence-electron chi connectivity index (χ2n) is 6.61. The average Bonchev–Trinajstić information content (AvgIpc) is 2.80. The minimum absolute atomic E-state index is 0.0833. The van der Waals surface area contributed by atoms with Gasteiger partial charge in [0.2, 0.25) is 5.91 Å². The fourth-order valence-corrected chi connectivity index (χ4v) is 4.76. The summed E-state index contributed by atoms with van der Waals surface area (Å²) in [6.07, 6.45) is 0. The molecule has 0 heterocycles. The second kappa shape index (κ2) is 11.5. The van der Waals surface area contributed by atoms with Gasteiger partial charge in [-0.2, -0.15) is 0 Å². The smallest absolute Gasteiger partial charge is 0.338 e. The van der Waals surface area contributed by atoms with E-state index in [1.54, 1.807) is 48.5 Å². The lowest BCUT2D eigenvalue weighted by atomic mass is 10.1. The number of carboxylic acids is 1. The number of hydrogen-bond acceptors (Lipinski definition) is 4. The van der Waals surface area contributed by atoms with Crippen LogP contribution in [0.4, 0.5) is 11.4 Å². The van der Waals surface area contributed by atoms with E-state index in [2.05, 4.69) is 10.6 Å². The molecule has 6 nitrogen and oxygen atoms in total. The van der Waals surface area contributed by atoms with E-state index in [1.165, 1.54) is 11.8 Å². The van der Waals surface area contributed by atoms with Crippen LogP contribution in [0.2, 0.25) is 25.1 Å². The topological polar surface area (TPSA) is 95.5 Å². The molecule has 0 aliphatic heterocycles. The van der Waals surface area contributed by atoms with Crippen LogP contribution < -0.4 is 10.6 Å². The Balaban J connectivity index is 1.75. The van der Waals surface area contributed by atoms with Crippen LogP contribution >= 0.6 is 69.8 Å². The molecular formula is C22H13Cl5N2O4S. The molecule has 176 valence electrons. The Kier molecular flexibility index (Phi) is 8.98. The summed E-state index contributed by atoms with van der Waals surface area (Å²) in [5, 5.41) is 14.0. The normalized spacial score (nSPS) is 10.6. The van der Waals surface area contributed by atoms with E-state index < -0.39 is 28.0 Å². The van der Waals surface area contributed by atoms with Crippen molar-refractivity contribution >= 4 is 98.9 Å².